The third kappa shape index (κ3) is 3.72. The highest BCUT2D eigenvalue weighted by molar-refractivity contribution is 6.00. The minimum absolute atomic E-state index is 0.0661. The summed E-state index contributed by atoms with van der Waals surface area (Å²) < 4.78 is 0. The fraction of sp³-hybridized carbons (Fsp3) is 0.833. The predicted molar refractivity (Wildman–Crippen MR) is 89.5 cm³/mol. The first-order valence-electron chi connectivity index (χ1n) is 9.32. The van der Waals surface area contributed by atoms with E-state index in [0.717, 1.165) is 51.6 Å². The van der Waals surface area contributed by atoms with Gasteiger partial charge in [-0.1, -0.05) is 19.3 Å². The molecule has 0 aromatic rings. The molecule has 2 saturated carbocycles. The maximum absolute atomic E-state index is 13.2. The van der Waals surface area contributed by atoms with Crippen molar-refractivity contribution in [3.63, 3.8) is 0 Å². The lowest BCUT2D eigenvalue weighted by molar-refractivity contribution is -0.145. The number of hydrogen-bond acceptors (Lipinski definition) is 4. The van der Waals surface area contributed by atoms with Crippen molar-refractivity contribution >= 4 is 11.8 Å². The van der Waals surface area contributed by atoms with Gasteiger partial charge >= 0.3 is 0 Å². The van der Waals surface area contributed by atoms with Gasteiger partial charge in [-0.25, -0.2) is 0 Å². The van der Waals surface area contributed by atoms with Gasteiger partial charge in [0, 0.05) is 19.1 Å². The summed E-state index contributed by atoms with van der Waals surface area (Å²) in [6.07, 6.45) is 6.94. The molecule has 24 heavy (non-hydrogen) atoms. The molecule has 0 aromatic heterocycles. The van der Waals surface area contributed by atoms with Gasteiger partial charge in [-0.15, -0.1) is 0 Å². The number of nitrogens with zero attached hydrogens (tertiary/aromatic N) is 2. The van der Waals surface area contributed by atoms with E-state index in [1.165, 1.54) is 6.42 Å². The summed E-state index contributed by atoms with van der Waals surface area (Å²) in [5, 5.41) is 12.4. The Bertz CT molecular complexity index is 518. The zero-order valence-corrected chi connectivity index (χ0v) is 14.2. The van der Waals surface area contributed by atoms with Crippen molar-refractivity contribution in [1.82, 2.24) is 10.2 Å². The topological polar surface area (TPSA) is 99.2 Å². The molecule has 4 unspecified atom stereocenters. The normalized spacial score (nSPS) is 31.2. The van der Waals surface area contributed by atoms with E-state index in [1.807, 2.05) is 4.90 Å². The molecule has 6 heteroatoms. The number of nitrogens with one attached hydrogen (secondary N) is 1. The summed E-state index contributed by atoms with van der Waals surface area (Å²) >= 11 is 0. The van der Waals surface area contributed by atoms with Crippen molar-refractivity contribution in [3.8, 4) is 6.07 Å². The number of rotatable bonds is 6. The molecule has 6 nitrogen and oxygen atoms in total. The Morgan fingerprint density at radius 1 is 1.25 bits per heavy atom. The molecule has 132 valence electrons. The largest absolute Gasteiger partial charge is 0.369 e. The molecule has 2 aliphatic carbocycles. The van der Waals surface area contributed by atoms with Crippen molar-refractivity contribution in [1.29, 1.82) is 5.26 Å². The highest BCUT2D eigenvalue weighted by Gasteiger charge is 2.44. The first-order valence-corrected chi connectivity index (χ1v) is 9.32. The lowest BCUT2D eigenvalue weighted by atomic mass is 9.78. The minimum atomic E-state index is -0.690. The molecule has 3 aliphatic rings. The van der Waals surface area contributed by atoms with Crippen molar-refractivity contribution in [2.45, 2.75) is 51.0 Å². The second-order valence-electron chi connectivity index (χ2n) is 7.65. The Hall–Kier alpha value is -1.61. The summed E-state index contributed by atoms with van der Waals surface area (Å²) in [4.78, 5) is 27.2. The van der Waals surface area contributed by atoms with E-state index in [1.54, 1.807) is 0 Å². The van der Waals surface area contributed by atoms with Gasteiger partial charge in [-0.2, -0.15) is 5.26 Å². The highest BCUT2D eigenvalue weighted by atomic mass is 16.2. The predicted octanol–water partition coefficient (Wildman–Crippen LogP) is 1.02. The van der Waals surface area contributed by atoms with E-state index in [4.69, 9.17) is 11.0 Å². The van der Waals surface area contributed by atoms with Gasteiger partial charge in [0.15, 0.2) is 0 Å². The zero-order valence-electron chi connectivity index (χ0n) is 14.2. The number of amides is 2. The summed E-state index contributed by atoms with van der Waals surface area (Å²) in [5.41, 5.74) is 5.65. The van der Waals surface area contributed by atoms with Crippen LogP contribution in [0, 0.1) is 35.0 Å². The summed E-state index contributed by atoms with van der Waals surface area (Å²) in [7, 11) is 0. The first-order chi connectivity index (χ1) is 11.6. The van der Waals surface area contributed by atoms with Crippen LogP contribution in [0.5, 0.6) is 0 Å². The Morgan fingerprint density at radius 2 is 2.00 bits per heavy atom. The highest BCUT2D eigenvalue weighted by Crippen LogP contribution is 2.40. The van der Waals surface area contributed by atoms with Crippen molar-refractivity contribution in [2.24, 2.45) is 29.4 Å². The molecule has 3 rings (SSSR count). The maximum Gasteiger partial charge on any atom is 0.235 e. The van der Waals surface area contributed by atoms with Gasteiger partial charge in [-0.05, 0) is 44.1 Å². The standard InChI is InChI=1S/C18H28N4O2/c19-9-13-8-14(13)11-22(15-6-7-21-10-15)18(24)16(17(20)23)12-4-2-1-3-5-12/h12-16,21H,1-8,10-11H2,(H2,20,23). The smallest absolute Gasteiger partial charge is 0.235 e. The number of carbonyl (C=O) groups excluding carboxylic acids is 2. The Labute approximate surface area is 143 Å². The number of carbonyl (C=O) groups is 2. The van der Waals surface area contributed by atoms with Crippen LogP contribution in [0.1, 0.15) is 44.9 Å². The monoisotopic (exact) mass is 332 g/mol. The van der Waals surface area contributed by atoms with Crippen molar-refractivity contribution in [2.75, 3.05) is 19.6 Å². The summed E-state index contributed by atoms with van der Waals surface area (Å²) in [6.45, 7) is 2.26. The summed E-state index contributed by atoms with van der Waals surface area (Å²) in [6, 6.07) is 2.42. The third-order valence-corrected chi connectivity index (χ3v) is 5.97. The van der Waals surface area contributed by atoms with E-state index in [-0.39, 0.29) is 29.7 Å². The van der Waals surface area contributed by atoms with Gasteiger partial charge in [0.2, 0.25) is 11.8 Å². The van der Waals surface area contributed by atoms with Crippen molar-refractivity contribution < 1.29 is 9.59 Å². The molecule has 0 bridgehead atoms. The Morgan fingerprint density at radius 3 is 2.54 bits per heavy atom. The second-order valence-corrected chi connectivity index (χ2v) is 7.65. The Kier molecular flexibility index (Phi) is 5.40. The van der Waals surface area contributed by atoms with Gasteiger partial charge < -0.3 is 16.0 Å². The van der Waals surface area contributed by atoms with E-state index >= 15 is 0 Å². The first kappa shape index (κ1) is 17.2. The zero-order chi connectivity index (χ0) is 17.1. The number of nitriles is 1. The maximum atomic E-state index is 13.2. The van der Waals surface area contributed by atoms with Crippen LogP contribution in [0.25, 0.3) is 0 Å². The SMILES string of the molecule is N#CC1CC1CN(C(=O)C(C(N)=O)C1CCCCC1)C1CCNC1. The number of primary amides is 1. The van der Waals surface area contributed by atoms with E-state index < -0.39 is 11.8 Å². The van der Waals surface area contributed by atoms with Crippen LogP contribution in [0.4, 0.5) is 0 Å². The molecule has 0 radical (unpaired) electrons. The molecule has 3 fully saturated rings. The van der Waals surface area contributed by atoms with Gasteiger partial charge in [0.1, 0.15) is 5.92 Å². The summed E-state index contributed by atoms with van der Waals surface area (Å²) in [5.74, 6) is -0.838. The molecule has 0 aromatic carbocycles. The van der Waals surface area contributed by atoms with Crippen LogP contribution in [0.2, 0.25) is 0 Å². The molecular weight excluding hydrogens is 304 g/mol. The van der Waals surface area contributed by atoms with E-state index in [0.29, 0.717) is 6.54 Å². The molecular formula is C18H28N4O2. The molecule has 1 saturated heterocycles. The van der Waals surface area contributed by atoms with Crippen LogP contribution in [0.3, 0.4) is 0 Å². The average molecular weight is 332 g/mol. The molecule has 0 spiro atoms. The minimum Gasteiger partial charge on any atom is -0.369 e. The fourth-order valence-electron chi connectivity index (χ4n) is 4.39. The van der Waals surface area contributed by atoms with Crippen LogP contribution >= 0.6 is 0 Å². The number of nitrogens with two attached hydrogens (primary N) is 1. The average Bonchev–Trinajstić information content (AvgIpc) is 3.12. The van der Waals surface area contributed by atoms with E-state index in [2.05, 4.69) is 11.4 Å². The van der Waals surface area contributed by atoms with Crippen molar-refractivity contribution in [3.05, 3.63) is 0 Å². The fourth-order valence-corrected chi connectivity index (χ4v) is 4.39. The lowest BCUT2D eigenvalue weighted by Gasteiger charge is -2.35. The molecule has 4 atom stereocenters. The quantitative estimate of drug-likeness (QED) is 0.709. The second kappa shape index (κ2) is 7.52. The van der Waals surface area contributed by atoms with Crippen LogP contribution in [-0.4, -0.2) is 42.4 Å². The Balaban J connectivity index is 1.74. The van der Waals surface area contributed by atoms with Crippen LogP contribution < -0.4 is 11.1 Å². The lowest BCUT2D eigenvalue weighted by Crippen LogP contribution is -2.51. The molecule has 3 N–H and O–H groups in total. The van der Waals surface area contributed by atoms with Crippen LogP contribution in [0.15, 0.2) is 0 Å². The number of hydrogen-bond donors (Lipinski definition) is 2. The van der Waals surface area contributed by atoms with Crippen LogP contribution in [-0.2, 0) is 9.59 Å². The third-order valence-electron chi connectivity index (χ3n) is 5.97. The molecule has 1 aliphatic heterocycles. The van der Waals surface area contributed by atoms with Gasteiger partial charge in [0.25, 0.3) is 0 Å². The van der Waals surface area contributed by atoms with E-state index in [9.17, 15) is 9.59 Å². The molecule has 2 amide bonds. The molecule has 1 heterocycles. The van der Waals surface area contributed by atoms with Gasteiger partial charge in [0.05, 0.1) is 12.0 Å². The van der Waals surface area contributed by atoms with Gasteiger partial charge in [-0.3, -0.25) is 9.59 Å².